The molecule has 0 spiro atoms. The van der Waals surface area contributed by atoms with Crippen LogP contribution in [-0.4, -0.2) is 19.2 Å². The second-order valence-electron chi connectivity index (χ2n) is 7.97. The minimum Gasteiger partial charge on any atom is -0.488 e. The highest BCUT2D eigenvalue weighted by atomic mass is 16.6. The molecule has 0 fully saturated rings. The van der Waals surface area contributed by atoms with Gasteiger partial charge in [-0.3, -0.25) is 4.79 Å². The molecular weight excluding hydrogens is 420 g/mol. The van der Waals surface area contributed by atoms with Gasteiger partial charge in [-0.2, -0.15) is 0 Å². The third kappa shape index (κ3) is 8.29. The van der Waals surface area contributed by atoms with Gasteiger partial charge in [0.25, 0.3) is 5.75 Å². The molecule has 0 radical (unpaired) electrons. The maximum atomic E-state index is 12.6. The van der Waals surface area contributed by atoms with Crippen molar-refractivity contribution in [2.45, 2.75) is 60.3 Å². The van der Waals surface area contributed by atoms with Gasteiger partial charge >= 0.3 is 11.6 Å². The van der Waals surface area contributed by atoms with Crippen molar-refractivity contribution in [1.29, 1.82) is 0 Å². The van der Waals surface area contributed by atoms with Crippen LogP contribution in [0, 0.1) is 0 Å². The first-order valence-corrected chi connectivity index (χ1v) is 11.3. The summed E-state index contributed by atoms with van der Waals surface area (Å²) in [5.41, 5.74) is 1.99. The second kappa shape index (κ2) is 13.3. The molecule has 0 N–H and O–H groups in total. The van der Waals surface area contributed by atoms with Gasteiger partial charge in [0, 0.05) is 6.92 Å². The third-order valence-electron chi connectivity index (χ3n) is 4.75. The maximum Gasteiger partial charge on any atom is 0.383 e. The smallest absolute Gasteiger partial charge is 0.383 e. The topological polar surface area (TPSA) is 75.0 Å². The van der Waals surface area contributed by atoms with E-state index in [1.807, 2.05) is 25.2 Å². The lowest BCUT2D eigenvalue weighted by atomic mass is 10.1. The van der Waals surface area contributed by atoms with Gasteiger partial charge in [0.1, 0.15) is 6.61 Å². The van der Waals surface area contributed by atoms with Crippen molar-refractivity contribution in [3.05, 3.63) is 64.1 Å². The summed E-state index contributed by atoms with van der Waals surface area (Å²) in [7, 11) is 0. The monoisotopic (exact) mass is 454 g/mol. The predicted octanol–water partition coefficient (Wildman–Crippen LogP) is 6.52. The number of ether oxygens (including phenoxy) is 3. The van der Waals surface area contributed by atoms with Gasteiger partial charge in [0.05, 0.1) is 12.0 Å². The number of rotatable bonds is 12. The molecule has 1 heterocycles. The van der Waals surface area contributed by atoms with E-state index in [2.05, 4.69) is 26.8 Å². The lowest BCUT2D eigenvalue weighted by Gasteiger charge is -2.13. The molecule has 0 saturated heterocycles. The molecule has 178 valence electrons. The molecule has 0 bridgehead atoms. The summed E-state index contributed by atoms with van der Waals surface area (Å²) in [6.07, 6.45) is 11.8. The summed E-state index contributed by atoms with van der Waals surface area (Å²) in [5.74, 6) is -0.275. The van der Waals surface area contributed by atoms with Crippen LogP contribution in [0.2, 0.25) is 0 Å². The third-order valence-corrected chi connectivity index (χ3v) is 4.75. The van der Waals surface area contributed by atoms with Crippen molar-refractivity contribution < 1.29 is 23.4 Å². The fraction of sp³-hybridized carbons (Fsp3) is 0.407. The van der Waals surface area contributed by atoms with E-state index in [1.165, 1.54) is 18.1 Å². The van der Waals surface area contributed by atoms with Crippen molar-refractivity contribution >= 4 is 16.9 Å². The SMILES string of the molecule is CCC=CCCOc1c(OC(C)=O)c(=O)oc2c(OCC=C(C)CCC=C(C)C)cccc12. The molecule has 6 heteroatoms. The molecular formula is C27H34O6. The molecule has 0 aliphatic heterocycles. The van der Waals surface area contributed by atoms with Gasteiger partial charge in [0.2, 0.25) is 0 Å². The molecule has 0 aliphatic rings. The van der Waals surface area contributed by atoms with Crippen LogP contribution in [0.5, 0.6) is 17.2 Å². The number of benzene rings is 1. The average molecular weight is 455 g/mol. The highest BCUT2D eigenvalue weighted by Crippen LogP contribution is 2.37. The van der Waals surface area contributed by atoms with Gasteiger partial charge in [-0.15, -0.1) is 0 Å². The van der Waals surface area contributed by atoms with Gasteiger partial charge in [-0.25, -0.2) is 4.79 Å². The maximum absolute atomic E-state index is 12.6. The molecule has 33 heavy (non-hydrogen) atoms. The van der Waals surface area contributed by atoms with Crippen LogP contribution in [0.1, 0.15) is 60.3 Å². The fourth-order valence-electron chi connectivity index (χ4n) is 3.12. The molecule has 0 unspecified atom stereocenters. The lowest BCUT2D eigenvalue weighted by molar-refractivity contribution is -0.132. The van der Waals surface area contributed by atoms with Crippen LogP contribution in [0.25, 0.3) is 11.0 Å². The molecule has 2 rings (SSSR count). The van der Waals surface area contributed by atoms with Crippen molar-refractivity contribution in [2.24, 2.45) is 0 Å². The Hall–Kier alpha value is -3.28. The summed E-state index contributed by atoms with van der Waals surface area (Å²) in [6, 6.07) is 5.26. The Morgan fingerprint density at radius 3 is 2.48 bits per heavy atom. The number of hydrogen-bond donors (Lipinski definition) is 0. The van der Waals surface area contributed by atoms with Gasteiger partial charge in [-0.1, -0.05) is 42.4 Å². The molecule has 0 amide bonds. The minimum absolute atomic E-state index is 0.181. The fourth-order valence-corrected chi connectivity index (χ4v) is 3.12. The first-order valence-electron chi connectivity index (χ1n) is 11.3. The van der Waals surface area contributed by atoms with Crippen LogP contribution in [-0.2, 0) is 4.79 Å². The Kier molecular flexibility index (Phi) is 10.5. The van der Waals surface area contributed by atoms with E-state index in [0.29, 0.717) is 30.8 Å². The number of carbonyl (C=O) groups is 1. The molecule has 0 atom stereocenters. The lowest BCUT2D eigenvalue weighted by Crippen LogP contribution is -2.14. The second-order valence-corrected chi connectivity index (χ2v) is 7.97. The average Bonchev–Trinajstić information content (AvgIpc) is 2.75. The number of fused-ring (bicyclic) bond motifs is 1. The van der Waals surface area contributed by atoms with E-state index < -0.39 is 11.6 Å². The van der Waals surface area contributed by atoms with Crippen molar-refractivity contribution in [3.63, 3.8) is 0 Å². The van der Waals surface area contributed by atoms with Crippen molar-refractivity contribution in [3.8, 4) is 17.2 Å². The first-order chi connectivity index (χ1) is 15.8. The molecule has 0 saturated carbocycles. The number of allylic oxidation sites excluding steroid dienone is 4. The zero-order valence-corrected chi connectivity index (χ0v) is 20.2. The Morgan fingerprint density at radius 2 is 1.79 bits per heavy atom. The number of esters is 1. The van der Waals surface area contributed by atoms with E-state index >= 15 is 0 Å². The van der Waals surface area contributed by atoms with Crippen LogP contribution in [0.4, 0.5) is 0 Å². The van der Waals surface area contributed by atoms with Crippen molar-refractivity contribution in [1.82, 2.24) is 0 Å². The molecule has 0 aliphatic carbocycles. The summed E-state index contributed by atoms with van der Waals surface area (Å²) in [6.45, 7) is 10.2. The Balaban J connectivity index is 2.30. The zero-order valence-electron chi connectivity index (χ0n) is 20.2. The largest absolute Gasteiger partial charge is 0.488 e. The minimum atomic E-state index is -0.790. The highest BCUT2D eigenvalue weighted by Gasteiger charge is 2.21. The quantitative estimate of drug-likeness (QED) is 0.157. The van der Waals surface area contributed by atoms with Crippen LogP contribution < -0.4 is 19.8 Å². The normalized spacial score (nSPS) is 11.6. The van der Waals surface area contributed by atoms with E-state index in [1.54, 1.807) is 18.2 Å². The summed E-state index contributed by atoms with van der Waals surface area (Å²) in [5, 5.41) is 0.507. The van der Waals surface area contributed by atoms with Crippen LogP contribution >= 0.6 is 0 Å². The number of para-hydroxylation sites is 1. The summed E-state index contributed by atoms with van der Waals surface area (Å²) in [4.78, 5) is 24.2. The number of hydrogen-bond acceptors (Lipinski definition) is 6. The Morgan fingerprint density at radius 1 is 1.00 bits per heavy atom. The zero-order chi connectivity index (χ0) is 24.2. The molecule has 6 nitrogen and oxygen atoms in total. The molecule has 1 aromatic carbocycles. The summed E-state index contributed by atoms with van der Waals surface area (Å²) < 4.78 is 22.4. The van der Waals surface area contributed by atoms with E-state index in [9.17, 15) is 9.59 Å². The van der Waals surface area contributed by atoms with E-state index in [0.717, 1.165) is 19.3 Å². The molecule has 1 aromatic heterocycles. The Labute approximate surface area is 195 Å². The highest BCUT2D eigenvalue weighted by molar-refractivity contribution is 5.90. The van der Waals surface area contributed by atoms with E-state index in [-0.39, 0.29) is 17.1 Å². The Bertz CT molecular complexity index is 1080. The van der Waals surface area contributed by atoms with Crippen LogP contribution in [0.3, 0.4) is 0 Å². The van der Waals surface area contributed by atoms with E-state index in [4.69, 9.17) is 18.6 Å². The van der Waals surface area contributed by atoms with Gasteiger partial charge < -0.3 is 18.6 Å². The molecule has 2 aromatic rings. The summed E-state index contributed by atoms with van der Waals surface area (Å²) >= 11 is 0. The predicted molar refractivity (Wildman–Crippen MR) is 131 cm³/mol. The van der Waals surface area contributed by atoms with Gasteiger partial charge in [-0.05, 0) is 64.7 Å². The van der Waals surface area contributed by atoms with Crippen molar-refractivity contribution in [2.75, 3.05) is 13.2 Å². The standard InChI is InChI=1S/C27H34O6/c1-6-7-8-9-17-31-25-22-14-11-15-23(24(22)33-27(29)26(25)32-21(5)28)30-18-16-20(4)13-10-12-19(2)3/h7-8,11-12,14-16H,6,9-10,13,17-18H2,1-5H3. The van der Waals surface area contributed by atoms with Gasteiger partial charge in [0.15, 0.2) is 17.1 Å². The number of carbonyl (C=O) groups excluding carboxylic acids is 1. The first kappa shape index (κ1) is 26.0. The van der Waals surface area contributed by atoms with Crippen LogP contribution in [0.15, 0.2) is 62.9 Å².